The number of aromatic nitrogens is 2. The lowest BCUT2D eigenvalue weighted by Crippen LogP contribution is -1.94. The molecular formula is C9H8ClN3. The SMILES string of the molecule is Clc1ccc2nc3n(c2c1)CCN3. The van der Waals surface area contributed by atoms with Gasteiger partial charge in [0.2, 0.25) is 5.95 Å². The lowest BCUT2D eigenvalue weighted by molar-refractivity contribution is 0.837. The van der Waals surface area contributed by atoms with E-state index in [4.69, 9.17) is 11.6 Å². The molecule has 0 fully saturated rings. The van der Waals surface area contributed by atoms with Gasteiger partial charge in [-0.3, -0.25) is 0 Å². The Morgan fingerprint density at radius 1 is 1.46 bits per heavy atom. The molecule has 1 aliphatic rings. The summed E-state index contributed by atoms with van der Waals surface area (Å²) in [5, 5.41) is 3.98. The molecule has 3 nitrogen and oxygen atoms in total. The first-order valence-corrected chi connectivity index (χ1v) is 4.62. The number of hydrogen-bond donors (Lipinski definition) is 1. The molecule has 4 heteroatoms. The quantitative estimate of drug-likeness (QED) is 0.695. The van der Waals surface area contributed by atoms with E-state index in [-0.39, 0.29) is 0 Å². The van der Waals surface area contributed by atoms with Crippen molar-refractivity contribution in [2.75, 3.05) is 11.9 Å². The molecule has 0 spiro atoms. The molecule has 0 bridgehead atoms. The first-order valence-electron chi connectivity index (χ1n) is 4.24. The Morgan fingerprint density at radius 3 is 3.31 bits per heavy atom. The lowest BCUT2D eigenvalue weighted by atomic mass is 10.3. The van der Waals surface area contributed by atoms with E-state index in [1.165, 1.54) is 0 Å². The molecule has 0 aliphatic carbocycles. The van der Waals surface area contributed by atoms with Crippen LogP contribution in [0.3, 0.4) is 0 Å². The topological polar surface area (TPSA) is 29.9 Å². The minimum atomic E-state index is 0.766. The van der Waals surface area contributed by atoms with E-state index in [2.05, 4.69) is 14.9 Å². The Hall–Kier alpha value is -1.22. The Balaban J connectivity index is 2.40. The van der Waals surface area contributed by atoms with Crippen LogP contribution in [-0.2, 0) is 6.54 Å². The van der Waals surface area contributed by atoms with Crippen molar-refractivity contribution in [3.63, 3.8) is 0 Å². The van der Waals surface area contributed by atoms with Gasteiger partial charge in [-0.1, -0.05) is 11.6 Å². The summed E-state index contributed by atoms with van der Waals surface area (Å²) in [6.07, 6.45) is 0. The van der Waals surface area contributed by atoms with E-state index in [1.54, 1.807) is 0 Å². The smallest absolute Gasteiger partial charge is 0.204 e. The van der Waals surface area contributed by atoms with Crippen molar-refractivity contribution in [3.8, 4) is 0 Å². The molecule has 1 aromatic carbocycles. The molecule has 0 radical (unpaired) electrons. The second-order valence-corrected chi connectivity index (χ2v) is 3.58. The second kappa shape index (κ2) is 2.39. The highest BCUT2D eigenvalue weighted by Gasteiger charge is 2.14. The van der Waals surface area contributed by atoms with Crippen LogP contribution in [0.4, 0.5) is 5.95 Å². The summed E-state index contributed by atoms with van der Waals surface area (Å²) >= 11 is 5.92. The van der Waals surface area contributed by atoms with Crippen molar-refractivity contribution in [2.24, 2.45) is 0 Å². The molecule has 1 N–H and O–H groups in total. The molecule has 2 aromatic rings. The third-order valence-electron chi connectivity index (χ3n) is 2.33. The fraction of sp³-hybridized carbons (Fsp3) is 0.222. The summed E-state index contributed by atoms with van der Waals surface area (Å²) in [5.74, 6) is 0.956. The maximum absolute atomic E-state index is 5.92. The molecule has 0 amide bonds. The predicted molar refractivity (Wildman–Crippen MR) is 53.2 cm³/mol. The Kier molecular flexibility index (Phi) is 1.32. The standard InChI is InChI=1S/C9H8ClN3/c10-6-1-2-7-8(5-6)13-4-3-11-9(13)12-7/h1-2,5H,3-4H2,(H,11,12). The Labute approximate surface area is 80.3 Å². The number of benzene rings is 1. The molecule has 1 aromatic heterocycles. The predicted octanol–water partition coefficient (Wildman–Crippen LogP) is 2.12. The second-order valence-electron chi connectivity index (χ2n) is 3.15. The van der Waals surface area contributed by atoms with Gasteiger partial charge in [0.05, 0.1) is 11.0 Å². The summed E-state index contributed by atoms with van der Waals surface area (Å²) in [5.41, 5.74) is 2.12. The molecule has 13 heavy (non-hydrogen) atoms. The van der Waals surface area contributed by atoms with E-state index in [1.807, 2.05) is 18.2 Å². The normalized spacial score (nSPS) is 14.5. The molecule has 3 rings (SSSR count). The molecule has 0 saturated carbocycles. The highest BCUT2D eigenvalue weighted by atomic mass is 35.5. The van der Waals surface area contributed by atoms with Gasteiger partial charge >= 0.3 is 0 Å². The summed E-state index contributed by atoms with van der Waals surface area (Å²) in [6, 6.07) is 5.78. The molecule has 0 saturated heterocycles. The van der Waals surface area contributed by atoms with Crippen LogP contribution in [0.1, 0.15) is 0 Å². The molecule has 1 aliphatic heterocycles. The van der Waals surface area contributed by atoms with Crippen LogP contribution in [0.25, 0.3) is 11.0 Å². The monoisotopic (exact) mass is 193 g/mol. The molecular weight excluding hydrogens is 186 g/mol. The maximum Gasteiger partial charge on any atom is 0.204 e. The van der Waals surface area contributed by atoms with Crippen LogP contribution in [-0.4, -0.2) is 16.1 Å². The van der Waals surface area contributed by atoms with Crippen LogP contribution < -0.4 is 5.32 Å². The number of fused-ring (bicyclic) bond motifs is 3. The first kappa shape index (κ1) is 7.21. The minimum Gasteiger partial charge on any atom is -0.354 e. The zero-order valence-electron chi connectivity index (χ0n) is 6.92. The van der Waals surface area contributed by atoms with E-state index in [9.17, 15) is 0 Å². The van der Waals surface area contributed by atoms with Crippen LogP contribution in [0.5, 0.6) is 0 Å². The third-order valence-corrected chi connectivity index (χ3v) is 2.56. The van der Waals surface area contributed by atoms with Gasteiger partial charge in [0.15, 0.2) is 0 Å². The highest BCUT2D eigenvalue weighted by molar-refractivity contribution is 6.31. The van der Waals surface area contributed by atoms with Gasteiger partial charge in [-0.15, -0.1) is 0 Å². The van der Waals surface area contributed by atoms with Crippen molar-refractivity contribution in [1.29, 1.82) is 0 Å². The number of anilines is 1. The maximum atomic E-state index is 5.92. The van der Waals surface area contributed by atoms with Crippen molar-refractivity contribution in [3.05, 3.63) is 23.2 Å². The van der Waals surface area contributed by atoms with E-state index in [0.717, 1.165) is 35.1 Å². The van der Waals surface area contributed by atoms with Crippen LogP contribution >= 0.6 is 11.6 Å². The summed E-state index contributed by atoms with van der Waals surface area (Å²) in [7, 11) is 0. The molecule has 0 atom stereocenters. The van der Waals surface area contributed by atoms with Crippen LogP contribution in [0.2, 0.25) is 5.02 Å². The Morgan fingerprint density at radius 2 is 2.38 bits per heavy atom. The van der Waals surface area contributed by atoms with E-state index >= 15 is 0 Å². The number of rotatable bonds is 0. The first-order chi connectivity index (χ1) is 6.34. The fourth-order valence-corrected chi connectivity index (χ4v) is 1.90. The van der Waals surface area contributed by atoms with Crippen molar-refractivity contribution in [1.82, 2.24) is 9.55 Å². The van der Waals surface area contributed by atoms with Gasteiger partial charge < -0.3 is 9.88 Å². The summed E-state index contributed by atoms with van der Waals surface area (Å²) in [6.45, 7) is 1.94. The molecule has 2 heterocycles. The molecule has 66 valence electrons. The number of hydrogen-bond acceptors (Lipinski definition) is 2. The van der Waals surface area contributed by atoms with Gasteiger partial charge in [-0.2, -0.15) is 0 Å². The van der Waals surface area contributed by atoms with Crippen molar-refractivity contribution in [2.45, 2.75) is 6.54 Å². The average Bonchev–Trinajstić information content (AvgIpc) is 2.64. The van der Waals surface area contributed by atoms with E-state index < -0.39 is 0 Å². The van der Waals surface area contributed by atoms with Gasteiger partial charge in [0.1, 0.15) is 0 Å². The zero-order chi connectivity index (χ0) is 8.84. The van der Waals surface area contributed by atoms with Crippen LogP contribution in [0, 0.1) is 0 Å². The van der Waals surface area contributed by atoms with Gasteiger partial charge in [-0.25, -0.2) is 4.98 Å². The number of halogens is 1. The van der Waals surface area contributed by atoms with Gasteiger partial charge in [0.25, 0.3) is 0 Å². The van der Waals surface area contributed by atoms with E-state index in [0.29, 0.717) is 0 Å². The van der Waals surface area contributed by atoms with Crippen molar-refractivity contribution >= 4 is 28.6 Å². The van der Waals surface area contributed by atoms with Crippen LogP contribution in [0.15, 0.2) is 18.2 Å². The summed E-state index contributed by atoms with van der Waals surface area (Å²) in [4.78, 5) is 4.43. The van der Waals surface area contributed by atoms with Gasteiger partial charge in [0, 0.05) is 18.1 Å². The number of nitrogens with zero attached hydrogens (tertiary/aromatic N) is 2. The molecule has 0 unspecified atom stereocenters. The fourth-order valence-electron chi connectivity index (χ4n) is 1.74. The minimum absolute atomic E-state index is 0.766. The Bertz CT molecular complexity index is 475. The summed E-state index contributed by atoms with van der Waals surface area (Å²) < 4.78 is 2.15. The third kappa shape index (κ3) is 0.937. The average molecular weight is 194 g/mol. The highest BCUT2D eigenvalue weighted by Crippen LogP contribution is 2.25. The number of nitrogens with one attached hydrogen (secondary N) is 1. The van der Waals surface area contributed by atoms with Crippen molar-refractivity contribution < 1.29 is 0 Å². The zero-order valence-corrected chi connectivity index (χ0v) is 7.67. The lowest BCUT2D eigenvalue weighted by Gasteiger charge is -1.96. The largest absolute Gasteiger partial charge is 0.354 e. The number of imidazole rings is 1. The van der Waals surface area contributed by atoms with Gasteiger partial charge in [-0.05, 0) is 18.2 Å².